The first-order valence-electron chi connectivity index (χ1n) is 8.35. The molecule has 0 rings (SSSR count). The Morgan fingerprint density at radius 2 is 1.21 bits per heavy atom. The Kier molecular flexibility index (Phi) is 21.4. The van der Waals surface area contributed by atoms with Gasteiger partial charge in [0.1, 0.15) is 0 Å². The van der Waals surface area contributed by atoms with Crippen LogP contribution in [0.25, 0.3) is 0 Å². The minimum absolute atomic E-state index is 0. The molecule has 0 aliphatic carbocycles. The van der Waals surface area contributed by atoms with Gasteiger partial charge in [-0.1, -0.05) is 36.1 Å². The Hall–Kier alpha value is -0.560. The number of carboxylic acid groups (broad SMARTS) is 2. The number of halogens is 12. The van der Waals surface area contributed by atoms with Crippen molar-refractivity contribution in [2.45, 2.75) is 78.5 Å². The van der Waals surface area contributed by atoms with E-state index in [0.717, 1.165) is 6.42 Å². The zero-order chi connectivity index (χ0) is 26.4. The molecule has 0 aliphatic heterocycles. The van der Waals surface area contributed by atoms with Crippen LogP contribution in [0.3, 0.4) is 0 Å². The van der Waals surface area contributed by atoms with Gasteiger partial charge in [0.05, 0.1) is 0 Å². The van der Waals surface area contributed by atoms with Gasteiger partial charge in [-0.05, 0) is 25.7 Å². The van der Waals surface area contributed by atoms with Crippen LogP contribution in [0.15, 0.2) is 12.7 Å². The molecule has 1 atom stereocenters. The number of aliphatic carboxylic acids is 2. The zero-order valence-electron chi connectivity index (χ0n) is 16.1. The van der Waals surface area contributed by atoms with Crippen molar-refractivity contribution >= 4 is 57.1 Å². The number of carboxylic acids is 2. The van der Waals surface area contributed by atoms with Gasteiger partial charge in [-0.15, -0.1) is 6.58 Å². The quantitative estimate of drug-likeness (QED) is 0.0779. The van der Waals surface area contributed by atoms with E-state index in [0.29, 0.717) is 6.42 Å². The second kappa shape index (κ2) is 17.8. The number of hydrogen-bond acceptors (Lipinski definition) is 2. The van der Waals surface area contributed by atoms with Crippen molar-refractivity contribution in [3.63, 3.8) is 0 Å². The van der Waals surface area contributed by atoms with Crippen molar-refractivity contribution < 1.29 is 63.7 Å². The molecule has 0 aromatic heterocycles. The van der Waals surface area contributed by atoms with Gasteiger partial charge >= 0.3 is 34.1 Å². The molecule has 0 radical (unpaired) electrons. The van der Waals surface area contributed by atoms with Gasteiger partial charge in [-0.2, -0.15) is 43.9 Å². The maximum Gasteiger partial charge on any atom is 0.463 e. The molecule has 0 heterocycles. The molecule has 33 heavy (non-hydrogen) atoms. The smallest absolute Gasteiger partial charge is 0.463 e. The topological polar surface area (TPSA) is 74.6 Å². The van der Waals surface area contributed by atoms with E-state index in [-0.39, 0.29) is 55.7 Å². The molecule has 0 saturated carbocycles. The maximum absolute atomic E-state index is 12.5. The molecule has 1 unspecified atom stereocenters. The van der Waals surface area contributed by atoms with Gasteiger partial charge in [0.15, 0.2) is 0 Å². The maximum atomic E-state index is 12.5. The molecule has 4 nitrogen and oxygen atoms in total. The molecule has 0 bridgehead atoms. The lowest BCUT2D eigenvalue weighted by molar-refractivity contribution is -0.283. The zero-order valence-corrected chi connectivity index (χ0v) is 20.4. The molecular formula is C17H24F10I2O4. The number of rotatable bonds is 10. The van der Waals surface area contributed by atoms with E-state index in [1.807, 2.05) is 0 Å². The Morgan fingerprint density at radius 1 is 0.848 bits per heavy atom. The van der Waals surface area contributed by atoms with Crippen LogP contribution in [0, 0.1) is 0 Å². The first-order chi connectivity index (χ1) is 14.1. The number of unbranched alkanes of at least 4 members (excludes halogenated alkanes) is 1. The van der Waals surface area contributed by atoms with E-state index in [9.17, 15) is 53.5 Å². The van der Waals surface area contributed by atoms with Gasteiger partial charge in [0.25, 0.3) is 0 Å². The highest BCUT2D eigenvalue weighted by Crippen LogP contribution is 2.41. The summed E-state index contributed by atoms with van der Waals surface area (Å²) in [7, 11) is 0. The fourth-order valence-electron chi connectivity index (χ4n) is 1.37. The number of carbonyl (C=O) groups is 2. The third-order valence-corrected chi connectivity index (χ3v) is 4.60. The Labute approximate surface area is 211 Å². The highest BCUT2D eigenvalue weighted by molar-refractivity contribution is 14.1. The summed E-state index contributed by atoms with van der Waals surface area (Å²) < 4.78 is 110. The van der Waals surface area contributed by atoms with E-state index >= 15 is 0 Å². The van der Waals surface area contributed by atoms with Crippen LogP contribution in [0.1, 0.15) is 52.4 Å². The standard InChI is InChI=1S/C8H10F5IO2.C6H10O2.C2F5I.CH4/c9-7(10,8(11,12)13)4-5(14)2-1-3-6(15)16;1-2-3-4-5-6(7)8;3-1(4,5)2(6,7)8;/h5H,1-4H2,(H,15,16);2H,1,3-5H2,(H,7,8);;1H4. The summed E-state index contributed by atoms with van der Waals surface area (Å²) >= 11 is 1.51. The summed E-state index contributed by atoms with van der Waals surface area (Å²) in [6.45, 7) is 3.46. The molecule has 200 valence electrons. The SMILES string of the molecule is C.C=CCCCC(=O)O.FC(F)(F)C(F)(F)I.O=C(O)CCCC(I)CC(F)(F)C(F)(F)F. The van der Waals surface area contributed by atoms with Gasteiger partial charge < -0.3 is 10.2 Å². The molecule has 16 heteroatoms. The third-order valence-electron chi connectivity index (χ3n) is 2.92. The van der Waals surface area contributed by atoms with Crippen LogP contribution in [-0.4, -0.2) is 48.3 Å². The van der Waals surface area contributed by atoms with E-state index in [1.165, 1.54) is 22.6 Å². The molecule has 0 amide bonds. The first-order valence-corrected chi connectivity index (χ1v) is 10.7. The van der Waals surface area contributed by atoms with E-state index in [4.69, 9.17) is 10.2 Å². The number of allylic oxidation sites excluding steroid dienone is 1. The van der Waals surface area contributed by atoms with Crippen LogP contribution in [0.5, 0.6) is 0 Å². The number of hydrogen-bond donors (Lipinski definition) is 2. The lowest BCUT2D eigenvalue weighted by Gasteiger charge is -2.21. The van der Waals surface area contributed by atoms with Crippen molar-refractivity contribution in [1.82, 2.24) is 0 Å². The summed E-state index contributed by atoms with van der Waals surface area (Å²) in [5.74, 6) is -6.53. The van der Waals surface area contributed by atoms with Crippen molar-refractivity contribution in [3.05, 3.63) is 12.7 Å². The monoisotopic (exact) mass is 736 g/mol. The average molecular weight is 736 g/mol. The predicted octanol–water partition coefficient (Wildman–Crippen LogP) is 8.27. The molecule has 0 aromatic rings. The molecule has 0 spiro atoms. The second-order valence-electron chi connectivity index (χ2n) is 5.86. The summed E-state index contributed by atoms with van der Waals surface area (Å²) in [6, 6.07) is 0. The van der Waals surface area contributed by atoms with Crippen LogP contribution >= 0.6 is 45.2 Å². The van der Waals surface area contributed by atoms with Crippen molar-refractivity contribution in [2.24, 2.45) is 0 Å². The lowest BCUT2D eigenvalue weighted by Crippen LogP contribution is -2.38. The van der Waals surface area contributed by atoms with Gasteiger partial charge in [0, 0.05) is 45.8 Å². The summed E-state index contributed by atoms with van der Waals surface area (Å²) in [5.41, 5.74) is 0. The van der Waals surface area contributed by atoms with Crippen LogP contribution in [0.2, 0.25) is 0 Å². The molecule has 2 N–H and O–H groups in total. The van der Waals surface area contributed by atoms with E-state index in [2.05, 4.69) is 6.58 Å². The molecule has 0 saturated heterocycles. The average Bonchev–Trinajstić information content (AvgIpc) is 2.52. The Balaban J connectivity index is -0.000000209. The van der Waals surface area contributed by atoms with Crippen molar-refractivity contribution in [2.75, 3.05) is 0 Å². The van der Waals surface area contributed by atoms with E-state index < -0.39 is 44.5 Å². The minimum atomic E-state index is -5.54. The van der Waals surface area contributed by atoms with Gasteiger partial charge in [-0.25, -0.2) is 0 Å². The van der Waals surface area contributed by atoms with Crippen molar-refractivity contribution in [1.29, 1.82) is 0 Å². The highest BCUT2D eigenvalue weighted by Gasteiger charge is 2.57. The predicted molar refractivity (Wildman–Crippen MR) is 118 cm³/mol. The Morgan fingerprint density at radius 3 is 1.48 bits per heavy atom. The van der Waals surface area contributed by atoms with Gasteiger partial charge in [0.2, 0.25) is 0 Å². The van der Waals surface area contributed by atoms with Crippen LogP contribution < -0.4 is 0 Å². The van der Waals surface area contributed by atoms with Crippen molar-refractivity contribution in [3.8, 4) is 0 Å². The molecule has 0 fully saturated rings. The first kappa shape index (κ1) is 39.6. The van der Waals surface area contributed by atoms with Gasteiger partial charge in [-0.3, -0.25) is 9.59 Å². The fourth-order valence-corrected chi connectivity index (χ4v) is 2.36. The molecule has 0 aliphatic rings. The largest absolute Gasteiger partial charge is 0.481 e. The lowest BCUT2D eigenvalue weighted by atomic mass is 10.1. The second-order valence-corrected chi connectivity index (χ2v) is 8.98. The fraction of sp³-hybridized carbons (Fsp3) is 0.765. The number of alkyl halides is 12. The minimum Gasteiger partial charge on any atom is -0.481 e. The normalized spacial score (nSPS) is 12.7. The van der Waals surface area contributed by atoms with Crippen LogP contribution in [-0.2, 0) is 9.59 Å². The van der Waals surface area contributed by atoms with E-state index in [1.54, 1.807) is 6.08 Å². The summed E-state index contributed by atoms with van der Waals surface area (Å²) in [6.07, 6.45) is -8.87. The molecule has 0 aromatic carbocycles. The van der Waals surface area contributed by atoms with Crippen LogP contribution in [0.4, 0.5) is 43.9 Å². The summed E-state index contributed by atoms with van der Waals surface area (Å²) in [4.78, 5) is 19.9. The molecular weight excluding hydrogens is 712 g/mol. The summed E-state index contributed by atoms with van der Waals surface area (Å²) in [5, 5.41) is 16.4. The Bertz CT molecular complexity index is 549. The highest BCUT2D eigenvalue weighted by atomic mass is 127. The third kappa shape index (κ3) is 24.4.